The fourth-order valence-corrected chi connectivity index (χ4v) is 6.34. The zero-order valence-corrected chi connectivity index (χ0v) is 21.5. The summed E-state index contributed by atoms with van der Waals surface area (Å²) < 4.78 is 90.4. The number of fused-ring (bicyclic) bond motifs is 1. The van der Waals surface area contributed by atoms with Crippen LogP contribution in [0.4, 0.5) is 32.0 Å². The Morgan fingerprint density at radius 2 is 1.80 bits per heavy atom. The normalized spacial score (nSPS) is 31.0. The van der Waals surface area contributed by atoms with E-state index in [1.807, 2.05) is 0 Å². The molecule has 40 heavy (non-hydrogen) atoms. The van der Waals surface area contributed by atoms with Gasteiger partial charge in [-0.3, -0.25) is 14.4 Å². The summed E-state index contributed by atoms with van der Waals surface area (Å²) in [6.07, 6.45) is -8.54. The van der Waals surface area contributed by atoms with Crippen LogP contribution in [0.5, 0.6) is 0 Å². The van der Waals surface area contributed by atoms with Crippen molar-refractivity contribution < 1.29 is 45.5 Å². The van der Waals surface area contributed by atoms with Crippen molar-refractivity contribution in [3.8, 4) is 0 Å². The number of carbonyl (C=O) groups is 3. The molecule has 14 heteroatoms. The first-order chi connectivity index (χ1) is 18.9. The molecule has 4 aliphatic rings. The molecule has 2 N–H and O–H groups in total. The molecule has 220 valence electrons. The number of benzene rings is 1. The standard InChI is InChI=1S/C26H30F6N4O4/c27-13-8-18(25(39)35-3-5-40-6-4-35)23(19(9-13)26(30,31)32)36-2-1-15(12-36)33-24(38)17-11-21(37)34-22-16(17)7-14(28)10-20(22)29/h8-9,14-17,20,22H,1-7,10-12H2,(H,33,38)(H,34,37)/t14?,15-,16?,17?,20?,22?/m1/s1. The molecular weight excluding hydrogens is 546 g/mol. The van der Waals surface area contributed by atoms with Gasteiger partial charge in [-0.2, -0.15) is 13.2 Å². The number of rotatable bonds is 4. The highest BCUT2D eigenvalue weighted by Gasteiger charge is 2.49. The molecule has 0 aromatic heterocycles. The minimum Gasteiger partial charge on any atom is -0.378 e. The van der Waals surface area contributed by atoms with E-state index in [4.69, 9.17) is 4.74 Å². The molecule has 3 amide bonds. The van der Waals surface area contributed by atoms with Crippen LogP contribution in [0.15, 0.2) is 12.1 Å². The van der Waals surface area contributed by atoms with Gasteiger partial charge in [0.15, 0.2) is 0 Å². The molecule has 0 spiro atoms. The van der Waals surface area contributed by atoms with Gasteiger partial charge < -0.3 is 25.2 Å². The summed E-state index contributed by atoms with van der Waals surface area (Å²) in [5, 5.41) is 5.26. The molecule has 5 rings (SSSR count). The van der Waals surface area contributed by atoms with E-state index >= 15 is 0 Å². The molecule has 0 radical (unpaired) electrons. The molecule has 1 saturated carbocycles. The second-order valence-corrected chi connectivity index (χ2v) is 10.8. The Bertz CT molecular complexity index is 1160. The average Bonchev–Trinajstić information content (AvgIpc) is 3.35. The van der Waals surface area contributed by atoms with Crippen LogP contribution in [0.2, 0.25) is 0 Å². The van der Waals surface area contributed by atoms with Gasteiger partial charge in [0, 0.05) is 45.1 Å². The molecule has 3 heterocycles. The molecule has 6 atom stereocenters. The summed E-state index contributed by atoms with van der Waals surface area (Å²) in [4.78, 5) is 41.2. The highest BCUT2D eigenvalue weighted by atomic mass is 19.4. The van der Waals surface area contributed by atoms with E-state index in [-0.39, 0.29) is 65.1 Å². The first-order valence-electron chi connectivity index (χ1n) is 13.3. The Labute approximate surface area is 226 Å². The van der Waals surface area contributed by atoms with Crippen LogP contribution in [0, 0.1) is 17.7 Å². The topological polar surface area (TPSA) is 91.0 Å². The monoisotopic (exact) mass is 576 g/mol. The zero-order chi connectivity index (χ0) is 28.8. The van der Waals surface area contributed by atoms with Crippen LogP contribution in [0.3, 0.4) is 0 Å². The van der Waals surface area contributed by atoms with Gasteiger partial charge in [-0.1, -0.05) is 0 Å². The van der Waals surface area contributed by atoms with Crippen molar-refractivity contribution in [1.82, 2.24) is 15.5 Å². The number of halogens is 6. The van der Waals surface area contributed by atoms with Crippen molar-refractivity contribution >= 4 is 23.4 Å². The van der Waals surface area contributed by atoms with Crippen molar-refractivity contribution in [2.75, 3.05) is 44.3 Å². The lowest BCUT2D eigenvalue weighted by Crippen LogP contribution is -2.60. The van der Waals surface area contributed by atoms with E-state index in [0.29, 0.717) is 6.07 Å². The summed E-state index contributed by atoms with van der Waals surface area (Å²) in [7, 11) is 0. The van der Waals surface area contributed by atoms with E-state index in [2.05, 4.69) is 10.6 Å². The molecule has 1 aliphatic carbocycles. The molecular formula is C26H30F6N4O4. The third-order valence-corrected chi connectivity index (χ3v) is 8.21. The van der Waals surface area contributed by atoms with Crippen molar-refractivity contribution in [2.24, 2.45) is 11.8 Å². The van der Waals surface area contributed by atoms with E-state index < -0.39 is 82.8 Å². The minimum absolute atomic E-state index is 0.0271. The Balaban J connectivity index is 1.36. The first kappa shape index (κ1) is 28.5. The third kappa shape index (κ3) is 5.72. The Morgan fingerprint density at radius 3 is 2.50 bits per heavy atom. The summed E-state index contributed by atoms with van der Waals surface area (Å²) >= 11 is 0. The maximum atomic E-state index is 14.5. The quantitative estimate of drug-likeness (QED) is 0.538. The lowest BCUT2D eigenvalue weighted by molar-refractivity contribution is -0.140. The number of morpholine rings is 1. The summed E-state index contributed by atoms with van der Waals surface area (Å²) in [5.74, 6) is -4.82. The van der Waals surface area contributed by atoms with Gasteiger partial charge in [0.2, 0.25) is 11.8 Å². The predicted molar refractivity (Wildman–Crippen MR) is 129 cm³/mol. The fourth-order valence-electron chi connectivity index (χ4n) is 6.34. The molecule has 0 bridgehead atoms. The Morgan fingerprint density at radius 1 is 1.07 bits per heavy atom. The maximum absolute atomic E-state index is 14.5. The number of alkyl halides is 5. The van der Waals surface area contributed by atoms with Crippen LogP contribution in [0.1, 0.15) is 41.6 Å². The lowest BCUT2D eigenvalue weighted by atomic mass is 9.71. The van der Waals surface area contributed by atoms with Gasteiger partial charge in [0.25, 0.3) is 5.91 Å². The Kier molecular flexibility index (Phi) is 7.90. The van der Waals surface area contributed by atoms with E-state index in [1.165, 1.54) is 9.80 Å². The number of nitrogens with one attached hydrogen (secondary N) is 2. The van der Waals surface area contributed by atoms with E-state index in [1.54, 1.807) is 0 Å². The van der Waals surface area contributed by atoms with Gasteiger partial charge >= 0.3 is 6.18 Å². The average molecular weight is 577 g/mol. The Hall–Kier alpha value is -3.03. The third-order valence-electron chi connectivity index (χ3n) is 8.21. The zero-order valence-electron chi connectivity index (χ0n) is 21.5. The molecule has 1 aromatic rings. The molecule has 8 nitrogen and oxygen atoms in total. The van der Waals surface area contributed by atoms with E-state index in [9.17, 15) is 40.7 Å². The molecule has 5 unspecified atom stereocenters. The predicted octanol–water partition coefficient (Wildman–Crippen LogP) is 2.60. The minimum atomic E-state index is -4.96. The second kappa shape index (κ2) is 11.1. The number of amides is 3. The highest BCUT2D eigenvalue weighted by Crippen LogP contribution is 2.42. The second-order valence-electron chi connectivity index (χ2n) is 10.8. The highest BCUT2D eigenvalue weighted by molar-refractivity contribution is 6.01. The van der Waals surface area contributed by atoms with Crippen LogP contribution in [-0.2, 0) is 20.5 Å². The van der Waals surface area contributed by atoms with Gasteiger partial charge in [0.05, 0.1) is 42.0 Å². The summed E-state index contributed by atoms with van der Waals surface area (Å²) in [5.41, 5.74) is -2.20. The lowest BCUT2D eigenvalue weighted by Gasteiger charge is -2.43. The van der Waals surface area contributed by atoms with Gasteiger partial charge in [-0.25, -0.2) is 13.2 Å². The molecule has 1 aromatic carbocycles. The summed E-state index contributed by atoms with van der Waals surface area (Å²) in [6, 6.07) is -0.508. The van der Waals surface area contributed by atoms with Gasteiger partial charge in [-0.15, -0.1) is 0 Å². The number of carbonyl (C=O) groups excluding carboxylic acids is 3. The largest absolute Gasteiger partial charge is 0.418 e. The number of piperidine rings is 1. The van der Waals surface area contributed by atoms with Crippen LogP contribution in [0.25, 0.3) is 0 Å². The number of anilines is 1. The van der Waals surface area contributed by atoms with Crippen LogP contribution < -0.4 is 15.5 Å². The van der Waals surface area contributed by atoms with Gasteiger partial charge in [-0.05, 0) is 30.9 Å². The number of hydrogen-bond acceptors (Lipinski definition) is 5. The van der Waals surface area contributed by atoms with Crippen molar-refractivity contribution in [2.45, 2.75) is 56.3 Å². The van der Waals surface area contributed by atoms with Crippen molar-refractivity contribution in [3.05, 3.63) is 29.1 Å². The van der Waals surface area contributed by atoms with Gasteiger partial charge in [0.1, 0.15) is 18.2 Å². The SMILES string of the molecule is O=C1CC(C(=O)N[C@@H]2CCN(c3c(C(=O)N4CCOCC4)cc(F)cc3C(F)(F)F)C2)C2CC(F)CC(F)C2N1. The number of nitrogens with zero attached hydrogens (tertiary/aromatic N) is 2. The molecule has 4 fully saturated rings. The van der Waals surface area contributed by atoms with Crippen LogP contribution in [-0.4, -0.2) is 86.4 Å². The maximum Gasteiger partial charge on any atom is 0.418 e. The number of hydrogen-bond donors (Lipinski definition) is 2. The molecule has 3 aliphatic heterocycles. The number of ether oxygens (including phenoxy) is 1. The molecule has 3 saturated heterocycles. The van der Waals surface area contributed by atoms with E-state index in [0.717, 1.165) is 6.07 Å². The van der Waals surface area contributed by atoms with Crippen molar-refractivity contribution in [1.29, 1.82) is 0 Å². The van der Waals surface area contributed by atoms with Crippen LogP contribution >= 0.6 is 0 Å². The smallest absolute Gasteiger partial charge is 0.378 e. The fraction of sp³-hybridized carbons (Fsp3) is 0.654. The first-order valence-corrected chi connectivity index (χ1v) is 13.3. The van der Waals surface area contributed by atoms with Crippen molar-refractivity contribution in [3.63, 3.8) is 0 Å². The summed E-state index contributed by atoms with van der Waals surface area (Å²) in [6.45, 7) is 0.603.